The quantitative estimate of drug-likeness (QED) is 0.521. The summed E-state index contributed by atoms with van der Waals surface area (Å²) in [6, 6.07) is 0. The number of rotatable bonds is 0. The maximum atomic E-state index is 2.44. The second-order valence-corrected chi connectivity index (χ2v) is 7.78. The molecule has 0 spiro atoms. The Hall–Kier alpha value is -0.780. The lowest BCUT2D eigenvalue weighted by Gasteiger charge is -2.21. The fraction of sp³-hybridized carbons (Fsp3) is 0.684. The SMILES string of the molecule is C1=CC2=C(C1)CC1CC(C2)C2=C1CC1CCC(C2)C1. The van der Waals surface area contributed by atoms with Crippen molar-refractivity contribution in [3.05, 3.63) is 34.4 Å². The van der Waals surface area contributed by atoms with Crippen LogP contribution < -0.4 is 0 Å². The number of fused-ring (bicyclic) bond motifs is 6. The van der Waals surface area contributed by atoms with Gasteiger partial charge in [0.1, 0.15) is 0 Å². The molecule has 0 radical (unpaired) electrons. The van der Waals surface area contributed by atoms with Gasteiger partial charge in [-0.3, -0.25) is 0 Å². The summed E-state index contributed by atoms with van der Waals surface area (Å²) < 4.78 is 0. The smallest absolute Gasteiger partial charge is 0.0130 e. The molecule has 0 heterocycles. The van der Waals surface area contributed by atoms with E-state index in [1.165, 1.54) is 51.4 Å². The van der Waals surface area contributed by atoms with Crippen molar-refractivity contribution < 1.29 is 0 Å². The van der Waals surface area contributed by atoms with Gasteiger partial charge in [-0.1, -0.05) is 28.9 Å². The monoisotopic (exact) mass is 252 g/mol. The minimum atomic E-state index is 0.939. The molecule has 4 bridgehead atoms. The van der Waals surface area contributed by atoms with Crippen LogP contribution in [0.4, 0.5) is 0 Å². The molecule has 5 rings (SSSR count). The lowest BCUT2D eigenvalue weighted by atomic mass is 9.84. The van der Waals surface area contributed by atoms with Crippen molar-refractivity contribution in [2.24, 2.45) is 23.7 Å². The van der Waals surface area contributed by atoms with Crippen LogP contribution in [0, 0.1) is 23.7 Å². The Balaban J connectivity index is 1.52. The van der Waals surface area contributed by atoms with Crippen LogP contribution in [0.25, 0.3) is 0 Å². The summed E-state index contributed by atoms with van der Waals surface area (Å²) in [5.74, 6) is 4.01. The van der Waals surface area contributed by atoms with Gasteiger partial charge in [-0.15, -0.1) is 0 Å². The molecule has 19 heavy (non-hydrogen) atoms. The highest BCUT2D eigenvalue weighted by Crippen LogP contribution is 2.56. The predicted octanol–water partition coefficient (Wildman–Crippen LogP) is 5.18. The average molecular weight is 252 g/mol. The molecule has 4 atom stereocenters. The third-order valence-corrected chi connectivity index (χ3v) is 6.73. The molecule has 100 valence electrons. The Morgan fingerprint density at radius 3 is 2.32 bits per heavy atom. The molecule has 5 aliphatic rings. The second kappa shape index (κ2) is 3.87. The van der Waals surface area contributed by atoms with E-state index in [0.717, 1.165) is 23.7 Å². The van der Waals surface area contributed by atoms with Gasteiger partial charge in [0, 0.05) is 0 Å². The van der Waals surface area contributed by atoms with Crippen molar-refractivity contribution in [3.8, 4) is 0 Å². The summed E-state index contributed by atoms with van der Waals surface area (Å²) in [4.78, 5) is 0. The average Bonchev–Trinajstić information content (AvgIpc) is 2.99. The van der Waals surface area contributed by atoms with E-state index in [9.17, 15) is 0 Å². The van der Waals surface area contributed by atoms with Gasteiger partial charge >= 0.3 is 0 Å². The highest BCUT2D eigenvalue weighted by Gasteiger charge is 2.42. The number of hydrogen-bond acceptors (Lipinski definition) is 0. The highest BCUT2D eigenvalue weighted by atomic mass is 14.5. The standard InChI is InChI=1S/C19H24/c1-2-14-9-16-11-17(10-15(14)3-1)19-8-13-5-4-12(6-13)7-18(16)19/h1-2,12-13,16-17H,3-11H2. The molecule has 1 saturated carbocycles. The van der Waals surface area contributed by atoms with Crippen molar-refractivity contribution in [3.63, 3.8) is 0 Å². The summed E-state index contributed by atoms with van der Waals surface area (Å²) >= 11 is 0. The van der Waals surface area contributed by atoms with E-state index in [1.54, 1.807) is 17.6 Å². The van der Waals surface area contributed by atoms with Crippen molar-refractivity contribution in [1.82, 2.24) is 0 Å². The first-order chi connectivity index (χ1) is 9.37. The normalized spacial score (nSPS) is 43.4. The summed E-state index contributed by atoms with van der Waals surface area (Å²) in [6.07, 6.45) is 18.0. The van der Waals surface area contributed by atoms with E-state index in [0.29, 0.717) is 0 Å². The number of allylic oxidation sites excluding steroid dienone is 6. The van der Waals surface area contributed by atoms with E-state index in [4.69, 9.17) is 0 Å². The van der Waals surface area contributed by atoms with Gasteiger partial charge in [-0.2, -0.15) is 0 Å². The van der Waals surface area contributed by atoms with Crippen LogP contribution in [0.3, 0.4) is 0 Å². The van der Waals surface area contributed by atoms with E-state index in [-0.39, 0.29) is 0 Å². The molecule has 0 heteroatoms. The van der Waals surface area contributed by atoms with E-state index >= 15 is 0 Å². The number of hydrogen-bond donors (Lipinski definition) is 0. The first-order valence-electron chi connectivity index (χ1n) is 8.46. The Labute approximate surface area is 116 Å². The van der Waals surface area contributed by atoms with Gasteiger partial charge < -0.3 is 0 Å². The molecule has 0 saturated heterocycles. The first kappa shape index (κ1) is 10.9. The van der Waals surface area contributed by atoms with Crippen molar-refractivity contribution in [1.29, 1.82) is 0 Å². The second-order valence-electron chi connectivity index (χ2n) is 7.78. The van der Waals surface area contributed by atoms with Crippen LogP contribution in [-0.2, 0) is 0 Å². The third kappa shape index (κ3) is 1.58. The molecule has 4 unspecified atom stereocenters. The third-order valence-electron chi connectivity index (χ3n) is 6.73. The fourth-order valence-electron chi connectivity index (χ4n) is 5.91. The molecule has 0 N–H and O–H groups in total. The van der Waals surface area contributed by atoms with Crippen LogP contribution in [0.5, 0.6) is 0 Å². The molecule has 0 aromatic carbocycles. The zero-order valence-electron chi connectivity index (χ0n) is 11.8. The van der Waals surface area contributed by atoms with Crippen molar-refractivity contribution in [2.45, 2.75) is 57.8 Å². The van der Waals surface area contributed by atoms with E-state index < -0.39 is 0 Å². The van der Waals surface area contributed by atoms with Crippen LogP contribution >= 0.6 is 0 Å². The Kier molecular flexibility index (Phi) is 2.23. The molecule has 1 fully saturated rings. The highest BCUT2D eigenvalue weighted by molar-refractivity contribution is 5.41. The van der Waals surface area contributed by atoms with Crippen LogP contribution in [0.1, 0.15) is 57.8 Å². The first-order valence-corrected chi connectivity index (χ1v) is 8.46. The molecular weight excluding hydrogens is 228 g/mol. The minimum Gasteiger partial charge on any atom is -0.0802 e. The topological polar surface area (TPSA) is 0 Å². The molecule has 0 nitrogen and oxygen atoms in total. The molecule has 5 aliphatic carbocycles. The van der Waals surface area contributed by atoms with Crippen LogP contribution in [0.2, 0.25) is 0 Å². The van der Waals surface area contributed by atoms with Crippen molar-refractivity contribution in [2.75, 3.05) is 0 Å². The van der Waals surface area contributed by atoms with Crippen LogP contribution in [0.15, 0.2) is 34.4 Å². The van der Waals surface area contributed by atoms with Crippen molar-refractivity contribution >= 4 is 0 Å². The summed E-state index contributed by atoms with van der Waals surface area (Å²) in [5.41, 5.74) is 7.46. The van der Waals surface area contributed by atoms with Gasteiger partial charge in [0.2, 0.25) is 0 Å². The van der Waals surface area contributed by atoms with Gasteiger partial charge in [0.25, 0.3) is 0 Å². The van der Waals surface area contributed by atoms with Gasteiger partial charge in [-0.05, 0) is 87.0 Å². The molecular formula is C19H24. The Morgan fingerprint density at radius 1 is 0.789 bits per heavy atom. The molecule has 0 aliphatic heterocycles. The predicted molar refractivity (Wildman–Crippen MR) is 78.7 cm³/mol. The largest absolute Gasteiger partial charge is 0.0802 e. The Morgan fingerprint density at radius 2 is 1.53 bits per heavy atom. The maximum Gasteiger partial charge on any atom is -0.0130 e. The maximum absolute atomic E-state index is 2.44. The summed E-state index contributed by atoms with van der Waals surface area (Å²) in [5, 5.41) is 0. The van der Waals surface area contributed by atoms with E-state index in [2.05, 4.69) is 12.2 Å². The fourth-order valence-corrected chi connectivity index (χ4v) is 5.91. The summed E-state index contributed by atoms with van der Waals surface area (Å²) in [6.45, 7) is 0. The van der Waals surface area contributed by atoms with Gasteiger partial charge in [0.15, 0.2) is 0 Å². The molecule has 0 aromatic rings. The van der Waals surface area contributed by atoms with Gasteiger partial charge in [0.05, 0.1) is 0 Å². The molecule has 0 aromatic heterocycles. The van der Waals surface area contributed by atoms with Crippen LogP contribution in [-0.4, -0.2) is 0 Å². The lowest BCUT2D eigenvalue weighted by molar-refractivity contribution is 0.440. The van der Waals surface area contributed by atoms with E-state index in [1.807, 2.05) is 11.1 Å². The zero-order valence-corrected chi connectivity index (χ0v) is 11.8. The lowest BCUT2D eigenvalue weighted by Crippen LogP contribution is -2.06. The summed E-state index contributed by atoms with van der Waals surface area (Å²) in [7, 11) is 0. The van der Waals surface area contributed by atoms with Gasteiger partial charge in [-0.25, -0.2) is 0 Å². The molecule has 0 amide bonds. The Bertz CT molecular complexity index is 516. The zero-order chi connectivity index (χ0) is 12.4. The minimum absolute atomic E-state index is 0.939.